The van der Waals surface area contributed by atoms with Crippen LogP contribution in [0.4, 0.5) is 4.79 Å². The fraction of sp³-hybridized carbons (Fsp3) is 0.800. The number of piperidine rings is 2. The number of likely N-dealkylation sites (tertiary alicyclic amines) is 2. The molecule has 5 rings (SSSR count). The summed E-state index contributed by atoms with van der Waals surface area (Å²) in [5.41, 5.74) is 1.84. The van der Waals surface area contributed by atoms with Crippen molar-refractivity contribution in [2.24, 2.45) is 5.92 Å². The van der Waals surface area contributed by atoms with E-state index in [-0.39, 0.29) is 29.2 Å². The predicted octanol–water partition coefficient (Wildman–Crippen LogP) is 4.36. The van der Waals surface area contributed by atoms with Crippen LogP contribution in [0.25, 0.3) is 0 Å². The van der Waals surface area contributed by atoms with Crippen LogP contribution in [0.5, 0.6) is 0 Å². The third kappa shape index (κ3) is 5.67. The van der Waals surface area contributed by atoms with Crippen LogP contribution in [0.3, 0.4) is 0 Å². The molecule has 1 atom stereocenters. The lowest BCUT2D eigenvalue weighted by molar-refractivity contribution is -0.141. The van der Waals surface area contributed by atoms with E-state index in [0.717, 1.165) is 109 Å². The summed E-state index contributed by atoms with van der Waals surface area (Å²) in [6.07, 6.45) is 10.3. The molecule has 4 fully saturated rings. The van der Waals surface area contributed by atoms with Crippen molar-refractivity contribution in [3.05, 3.63) is 23.3 Å². The van der Waals surface area contributed by atoms with Crippen LogP contribution in [0, 0.1) is 19.8 Å². The van der Waals surface area contributed by atoms with Crippen LogP contribution in [0.15, 0.2) is 6.33 Å². The van der Waals surface area contributed by atoms with Gasteiger partial charge in [0.15, 0.2) is 0 Å². The van der Waals surface area contributed by atoms with Gasteiger partial charge in [0.1, 0.15) is 11.9 Å². The summed E-state index contributed by atoms with van der Waals surface area (Å²) in [6.45, 7) is 14.0. The van der Waals surface area contributed by atoms with Crippen molar-refractivity contribution in [1.29, 1.82) is 0 Å². The molecular formula is C30H47N5O4. The number of rotatable bonds is 6. The Hall–Kier alpha value is -2.26. The number of nitrogens with zero attached hydrogens (tertiary/aromatic N) is 5. The van der Waals surface area contributed by atoms with E-state index in [4.69, 9.17) is 9.47 Å². The van der Waals surface area contributed by atoms with Gasteiger partial charge in [0.25, 0.3) is 5.91 Å². The number of carbonyl (C=O) groups excluding carboxylic acids is 2. The van der Waals surface area contributed by atoms with Gasteiger partial charge in [-0.25, -0.2) is 14.8 Å². The number of hydrogen-bond acceptors (Lipinski definition) is 7. The van der Waals surface area contributed by atoms with Gasteiger partial charge in [-0.2, -0.15) is 0 Å². The average molecular weight is 542 g/mol. The highest BCUT2D eigenvalue weighted by atomic mass is 16.6. The molecule has 4 aliphatic rings. The number of aryl methyl sites for hydroxylation is 2. The maximum Gasteiger partial charge on any atom is 0.410 e. The minimum atomic E-state index is -0.347. The van der Waals surface area contributed by atoms with Gasteiger partial charge in [-0.05, 0) is 52.9 Å². The lowest BCUT2D eigenvalue weighted by atomic mass is 9.74. The SMILES string of the molecule is CCCCC1CN(C2CCOCC2)C(=O)OC12CCN(C1(C)CCN(C(=O)c3c(C)ncnc3C)CC1)CC2. The molecule has 1 spiro atoms. The first-order chi connectivity index (χ1) is 18.8. The van der Waals surface area contributed by atoms with Crippen molar-refractivity contribution in [2.75, 3.05) is 45.9 Å². The predicted molar refractivity (Wildman–Crippen MR) is 149 cm³/mol. The Kier molecular flexibility index (Phi) is 8.48. The Labute approximate surface area is 233 Å². The van der Waals surface area contributed by atoms with Gasteiger partial charge < -0.3 is 19.3 Å². The second kappa shape index (κ2) is 11.7. The van der Waals surface area contributed by atoms with Crippen LogP contribution in [0.2, 0.25) is 0 Å². The first-order valence-electron chi connectivity index (χ1n) is 15.2. The monoisotopic (exact) mass is 541 g/mol. The maximum atomic E-state index is 13.3. The summed E-state index contributed by atoms with van der Waals surface area (Å²) >= 11 is 0. The molecule has 9 nitrogen and oxygen atoms in total. The van der Waals surface area contributed by atoms with Crippen LogP contribution in [0.1, 0.15) is 93.4 Å². The number of ether oxygens (including phenoxy) is 2. The fourth-order valence-electron chi connectivity index (χ4n) is 7.40. The molecule has 1 aromatic rings. The van der Waals surface area contributed by atoms with Crippen molar-refractivity contribution in [3.63, 3.8) is 0 Å². The summed E-state index contributed by atoms with van der Waals surface area (Å²) in [5.74, 6) is 0.430. The smallest absolute Gasteiger partial charge is 0.410 e. The van der Waals surface area contributed by atoms with Gasteiger partial charge in [0.05, 0.1) is 17.0 Å². The zero-order valence-electron chi connectivity index (χ0n) is 24.4. The van der Waals surface area contributed by atoms with E-state index in [2.05, 4.69) is 28.7 Å². The Morgan fingerprint density at radius 3 is 2.28 bits per heavy atom. The molecule has 0 aliphatic carbocycles. The largest absolute Gasteiger partial charge is 0.442 e. The van der Waals surface area contributed by atoms with Gasteiger partial charge in [-0.15, -0.1) is 0 Å². The molecule has 4 aliphatic heterocycles. The van der Waals surface area contributed by atoms with E-state index in [1.165, 1.54) is 12.7 Å². The summed E-state index contributed by atoms with van der Waals surface area (Å²) in [4.78, 5) is 41.7. The number of amides is 2. The van der Waals surface area contributed by atoms with Gasteiger partial charge >= 0.3 is 6.09 Å². The molecule has 0 N–H and O–H groups in total. The molecular weight excluding hydrogens is 494 g/mol. The first-order valence-corrected chi connectivity index (χ1v) is 15.2. The molecule has 2 amide bonds. The Balaban J connectivity index is 1.21. The minimum absolute atomic E-state index is 0.0430. The molecule has 0 bridgehead atoms. The summed E-state index contributed by atoms with van der Waals surface area (Å²) in [5, 5.41) is 0. The molecule has 0 radical (unpaired) electrons. The summed E-state index contributed by atoms with van der Waals surface area (Å²) in [7, 11) is 0. The maximum absolute atomic E-state index is 13.3. The third-order valence-corrected chi connectivity index (χ3v) is 10.2. The topological polar surface area (TPSA) is 88.1 Å². The normalized spacial score (nSPS) is 26.1. The van der Waals surface area contributed by atoms with Gasteiger partial charge in [-0.3, -0.25) is 9.69 Å². The highest BCUT2D eigenvalue weighted by Crippen LogP contribution is 2.44. The third-order valence-electron chi connectivity index (χ3n) is 10.2. The lowest BCUT2D eigenvalue weighted by Gasteiger charge is -2.55. The van der Waals surface area contributed by atoms with E-state index in [0.29, 0.717) is 11.5 Å². The molecule has 0 aromatic carbocycles. The van der Waals surface area contributed by atoms with E-state index in [1.807, 2.05) is 23.6 Å². The van der Waals surface area contributed by atoms with E-state index < -0.39 is 0 Å². The summed E-state index contributed by atoms with van der Waals surface area (Å²) < 4.78 is 12.0. The summed E-state index contributed by atoms with van der Waals surface area (Å²) in [6, 6.07) is 0.245. The molecule has 9 heteroatoms. The number of hydrogen-bond donors (Lipinski definition) is 0. The highest BCUT2D eigenvalue weighted by molar-refractivity contribution is 5.96. The van der Waals surface area contributed by atoms with E-state index in [1.54, 1.807) is 0 Å². The van der Waals surface area contributed by atoms with Gasteiger partial charge in [0, 0.05) is 76.3 Å². The van der Waals surface area contributed by atoms with E-state index in [9.17, 15) is 9.59 Å². The van der Waals surface area contributed by atoms with Crippen molar-refractivity contribution in [2.45, 2.75) is 103 Å². The van der Waals surface area contributed by atoms with Gasteiger partial charge in [-0.1, -0.05) is 19.8 Å². The molecule has 39 heavy (non-hydrogen) atoms. The minimum Gasteiger partial charge on any atom is -0.442 e. The van der Waals surface area contributed by atoms with Crippen LogP contribution >= 0.6 is 0 Å². The molecule has 4 saturated heterocycles. The van der Waals surface area contributed by atoms with Crippen molar-refractivity contribution >= 4 is 12.0 Å². The number of carbonyl (C=O) groups is 2. The average Bonchev–Trinajstić information content (AvgIpc) is 2.93. The van der Waals surface area contributed by atoms with E-state index >= 15 is 0 Å². The van der Waals surface area contributed by atoms with Crippen molar-refractivity contribution in [1.82, 2.24) is 24.7 Å². The standard InChI is InChI=1S/C30H47N5O4/c1-5-6-7-24-20-35(25-8-18-38-19-9-25)28(37)39-30(24)12-16-34(17-13-30)29(4)10-14-33(15-11-29)27(36)26-22(2)31-21-32-23(26)3/h21,24-25H,5-20H2,1-4H3. The second-order valence-electron chi connectivity index (χ2n) is 12.5. The Morgan fingerprint density at radius 2 is 1.67 bits per heavy atom. The molecule has 0 saturated carbocycles. The molecule has 5 heterocycles. The Morgan fingerprint density at radius 1 is 1.03 bits per heavy atom. The zero-order valence-corrected chi connectivity index (χ0v) is 24.4. The zero-order chi connectivity index (χ0) is 27.6. The lowest BCUT2D eigenvalue weighted by Crippen LogP contribution is -2.64. The van der Waals surface area contributed by atoms with Crippen LogP contribution < -0.4 is 0 Å². The second-order valence-corrected chi connectivity index (χ2v) is 12.5. The van der Waals surface area contributed by atoms with Crippen molar-refractivity contribution in [3.8, 4) is 0 Å². The van der Waals surface area contributed by atoms with Gasteiger partial charge in [0.2, 0.25) is 0 Å². The molecule has 216 valence electrons. The van der Waals surface area contributed by atoms with Crippen molar-refractivity contribution < 1.29 is 19.1 Å². The van der Waals surface area contributed by atoms with Crippen LogP contribution in [-0.4, -0.2) is 99.8 Å². The number of unbranched alkanes of at least 4 members (excludes halogenated alkanes) is 1. The fourth-order valence-corrected chi connectivity index (χ4v) is 7.40. The first kappa shape index (κ1) is 28.3. The quantitative estimate of drug-likeness (QED) is 0.529. The number of aromatic nitrogens is 2. The van der Waals surface area contributed by atoms with Crippen LogP contribution in [-0.2, 0) is 9.47 Å². The highest BCUT2D eigenvalue weighted by Gasteiger charge is 2.52. The molecule has 1 unspecified atom stereocenters. The molecule has 1 aromatic heterocycles. The Bertz CT molecular complexity index is 1010.